The van der Waals surface area contributed by atoms with Gasteiger partial charge < -0.3 is 19.5 Å². The minimum Gasteiger partial charge on any atom is -0.493 e. The Balaban J connectivity index is 1.82. The molecule has 1 unspecified atom stereocenters. The summed E-state index contributed by atoms with van der Waals surface area (Å²) in [5, 5.41) is 2.95. The van der Waals surface area contributed by atoms with E-state index in [4.69, 9.17) is 20.6 Å². The molecule has 0 spiro atoms. The summed E-state index contributed by atoms with van der Waals surface area (Å²) < 4.78 is 16.2. The van der Waals surface area contributed by atoms with E-state index in [9.17, 15) is 4.79 Å². The molecule has 0 radical (unpaired) electrons. The highest BCUT2D eigenvalue weighted by Crippen LogP contribution is 2.28. The fraction of sp³-hybridized carbons (Fsp3) is 0.375. The Bertz CT molecular complexity index is 824. The number of terminal acetylenes is 1. The first-order valence-electron chi connectivity index (χ1n) is 9.66. The molecule has 0 aliphatic heterocycles. The normalized spacial score (nSPS) is 11.4. The highest BCUT2D eigenvalue weighted by atomic mass is 16.5. The van der Waals surface area contributed by atoms with Gasteiger partial charge in [0.25, 0.3) is 0 Å². The second-order valence-corrected chi connectivity index (χ2v) is 6.77. The first-order chi connectivity index (χ1) is 14.1. The molecule has 1 amide bonds. The van der Waals surface area contributed by atoms with Gasteiger partial charge in [-0.2, -0.15) is 0 Å². The van der Waals surface area contributed by atoms with Crippen molar-refractivity contribution < 1.29 is 19.0 Å². The second kappa shape index (κ2) is 11.8. The number of nitrogens with one attached hydrogen (secondary N) is 1. The number of rotatable bonds is 11. The highest BCUT2D eigenvalue weighted by molar-refractivity contribution is 5.80. The van der Waals surface area contributed by atoms with Crippen molar-refractivity contribution in [3.63, 3.8) is 0 Å². The zero-order valence-electron chi connectivity index (χ0n) is 17.4. The smallest absolute Gasteiger partial charge is 0.249 e. The maximum absolute atomic E-state index is 12.4. The van der Waals surface area contributed by atoms with Crippen LogP contribution in [0.4, 0.5) is 0 Å². The number of amides is 1. The largest absolute Gasteiger partial charge is 0.493 e. The number of benzene rings is 2. The molecule has 0 aliphatic rings. The van der Waals surface area contributed by atoms with Crippen LogP contribution in [0.1, 0.15) is 23.1 Å². The second-order valence-electron chi connectivity index (χ2n) is 6.77. The minimum absolute atomic E-state index is 0.0967. The van der Waals surface area contributed by atoms with Crippen LogP contribution in [-0.2, 0) is 22.4 Å². The predicted molar refractivity (Wildman–Crippen MR) is 114 cm³/mol. The molecule has 5 nitrogen and oxygen atoms in total. The average Bonchev–Trinajstić information content (AvgIpc) is 2.74. The molecule has 154 valence electrons. The summed E-state index contributed by atoms with van der Waals surface area (Å²) in [5.74, 6) is 3.56. The maximum Gasteiger partial charge on any atom is 0.249 e. The van der Waals surface area contributed by atoms with Crippen LogP contribution in [0.25, 0.3) is 0 Å². The van der Waals surface area contributed by atoms with Crippen LogP contribution in [0, 0.1) is 19.3 Å². The van der Waals surface area contributed by atoms with E-state index in [1.807, 2.05) is 18.2 Å². The highest BCUT2D eigenvalue weighted by Gasteiger charge is 2.17. The third-order valence-corrected chi connectivity index (χ3v) is 4.64. The molecule has 0 aliphatic carbocycles. The summed E-state index contributed by atoms with van der Waals surface area (Å²) in [6, 6.07) is 14.0. The lowest BCUT2D eigenvalue weighted by Gasteiger charge is -2.16. The van der Waals surface area contributed by atoms with E-state index in [1.54, 1.807) is 14.2 Å². The molecule has 0 bridgehead atoms. The summed E-state index contributed by atoms with van der Waals surface area (Å²) in [6.07, 6.45) is 6.86. The maximum atomic E-state index is 12.4. The van der Waals surface area contributed by atoms with E-state index in [0.717, 1.165) is 12.0 Å². The minimum atomic E-state index is -0.467. The molecule has 2 aromatic carbocycles. The van der Waals surface area contributed by atoms with E-state index in [1.165, 1.54) is 11.1 Å². The van der Waals surface area contributed by atoms with E-state index >= 15 is 0 Å². The van der Waals surface area contributed by atoms with Gasteiger partial charge in [0.1, 0.15) is 12.7 Å². The first-order valence-corrected chi connectivity index (χ1v) is 9.66. The number of aryl methyl sites for hydroxylation is 2. The quantitative estimate of drug-likeness (QED) is 0.593. The Morgan fingerprint density at radius 2 is 1.79 bits per heavy atom. The van der Waals surface area contributed by atoms with Crippen molar-refractivity contribution in [1.29, 1.82) is 0 Å². The Morgan fingerprint density at radius 3 is 2.45 bits per heavy atom. The fourth-order valence-electron chi connectivity index (χ4n) is 2.96. The Labute approximate surface area is 173 Å². The number of carbonyl (C=O) groups excluding carboxylic acids is 1. The molecule has 0 saturated heterocycles. The predicted octanol–water partition coefficient (Wildman–Crippen LogP) is 3.32. The van der Waals surface area contributed by atoms with Crippen molar-refractivity contribution in [2.24, 2.45) is 0 Å². The van der Waals surface area contributed by atoms with Crippen molar-refractivity contribution in [1.82, 2.24) is 5.32 Å². The molecule has 29 heavy (non-hydrogen) atoms. The van der Waals surface area contributed by atoms with Crippen molar-refractivity contribution in [2.75, 3.05) is 27.4 Å². The molecule has 2 aromatic rings. The van der Waals surface area contributed by atoms with Gasteiger partial charge in [0.05, 0.1) is 7.11 Å². The fourth-order valence-corrected chi connectivity index (χ4v) is 2.96. The molecular weight excluding hydrogens is 366 g/mol. The Kier molecular flexibility index (Phi) is 9.07. The number of methoxy groups -OCH3 is 2. The van der Waals surface area contributed by atoms with Crippen LogP contribution >= 0.6 is 0 Å². The Morgan fingerprint density at radius 1 is 1.07 bits per heavy atom. The van der Waals surface area contributed by atoms with Crippen LogP contribution < -0.4 is 14.8 Å². The molecule has 1 atom stereocenters. The molecule has 0 fully saturated rings. The van der Waals surface area contributed by atoms with Gasteiger partial charge in [-0.3, -0.25) is 4.79 Å². The van der Waals surface area contributed by atoms with Crippen molar-refractivity contribution in [2.45, 2.75) is 32.3 Å². The molecule has 5 heteroatoms. The number of ether oxygens (including phenoxy) is 3. The lowest BCUT2D eigenvalue weighted by molar-refractivity contribution is -0.131. The molecule has 1 N–H and O–H groups in total. The third kappa shape index (κ3) is 7.17. The summed E-state index contributed by atoms with van der Waals surface area (Å²) in [5.41, 5.74) is 3.45. The van der Waals surface area contributed by atoms with Crippen molar-refractivity contribution in [3.8, 4) is 23.8 Å². The monoisotopic (exact) mass is 395 g/mol. The van der Waals surface area contributed by atoms with Crippen LogP contribution in [0.3, 0.4) is 0 Å². The van der Waals surface area contributed by atoms with E-state index in [2.05, 4.69) is 42.4 Å². The molecular formula is C24H29NO4. The van der Waals surface area contributed by atoms with Gasteiger partial charge in [-0.25, -0.2) is 0 Å². The van der Waals surface area contributed by atoms with Crippen LogP contribution in [0.5, 0.6) is 11.5 Å². The van der Waals surface area contributed by atoms with Crippen LogP contribution in [0.15, 0.2) is 42.5 Å². The van der Waals surface area contributed by atoms with Gasteiger partial charge >= 0.3 is 0 Å². The van der Waals surface area contributed by atoms with E-state index in [-0.39, 0.29) is 12.5 Å². The van der Waals surface area contributed by atoms with Crippen molar-refractivity contribution >= 4 is 5.91 Å². The molecule has 0 saturated carbocycles. The standard InChI is InChI=1S/C24H29NO4/c1-5-16-29-21-12-11-20(17-23(21)28-4)14-15-25-24(26)22(27-3)13-10-19-8-6-18(2)7-9-19/h1,6-9,11-12,17,22H,10,13-16H2,2-4H3,(H,25,26). The van der Waals surface area contributed by atoms with Gasteiger partial charge in [-0.15, -0.1) is 6.42 Å². The summed E-state index contributed by atoms with van der Waals surface area (Å²) in [7, 11) is 3.15. The molecule has 0 aromatic heterocycles. The summed E-state index contributed by atoms with van der Waals surface area (Å²) in [4.78, 5) is 12.4. The Hall–Kier alpha value is -2.97. The van der Waals surface area contributed by atoms with Gasteiger partial charge in [0, 0.05) is 13.7 Å². The SMILES string of the molecule is C#CCOc1ccc(CCNC(=O)C(CCc2ccc(C)cc2)OC)cc1OC. The lowest BCUT2D eigenvalue weighted by Crippen LogP contribution is -2.37. The third-order valence-electron chi connectivity index (χ3n) is 4.64. The van der Waals surface area contributed by atoms with Crippen molar-refractivity contribution in [3.05, 3.63) is 59.2 Å². The van der Waals surface area contributed by atoms with Gasteiger partial charge in [-0.05, 0) is 49.4 Å². The summed E-state index contributed by atoms with van der Waals surface area (Å²) in [6.45, 7) is 2.76. The number of carbonyl (C=O) groups is 1. The zero-order valence-corrected chi connectivity index (χ0v) is 17.4. The molecule has 2 rings (SSSR count). The van der Waals surface area contributed by atoms with Crippen LogP contribution in [-0.4, -0.2) is 39.4 Å². The molecule has 0 heterocycles. The topological polar surface area (TPSA) is 56.8 Å². The van der Waals surface area contributed by atoms with E-state index < -0.39 is 6.10 Å². The average molecular weight is 395 g/mol. The van der Waals surface area contributed by atoms with Crippen LogP contribution in [0.2, 0.25) is 0 Å². The first kappa shape index (κ1) is 22.3. The van der Waals surface area contributed by atoms with Gasteiger partial charge in [0.2, 0.25) is 5.91 Å². The van der Waals surface area contributed by atoms with Gasteiger partial charge in [0.15, 0.2) is 11.5 Å². The van der Waals surface area contributed by atoms with Gasteiger partial charge in [-0.1, -0.05) is 41.8 Å². The number of hydrogen-bond donors (Lipinski definition) is 1. The zero-order chi connectivity index (χ0) is 21.1. The number of hydrogen-bond acceptors (Lipinski definition) is 4. The lowest BCUT2D eigenvalue weighted by atomic mass is 10.0. The summed E-state index contributed by atoms with van der Waals surface area (Å²) >= 11 is 0. The van der Waals surface area contributed by atoms with E-state index in [0.29, 0.717) is 30.9 Å².